The van der Waals surface area contributed by atoms with Crippen LogP contribution in [-0.2, 0) is 5.41 Å². The van der Waals surface area contributed by atoms with Crippen LogP contribution in [0.15, 0.2) is 176 Å². The fourth-order valence-electron chi connectivity index (χ4n) is 9.99. The molecule has 0 saturated heterocycles. The lowest BCUT2D eigenvalue weighted by Gasteiger charge is -2.28. The highest BCUT2D eigenvalue weighted by molar-refractivity contribution is 6.29. The van der Waals surface area contributed by atoms with E-state index < -0.39 is 0 Å². The van der Waals surface area contributed by atoms with E-state index in [0.29, 0.717) is 0 Å². The molecule has 0 atom stereocenters. The molecule has 0 saturated carbocycles. The van der Waals surface area contributed by atoms with Crippen LogP contribution in [0, 0.1) is 13.8 Å². The molecule has 0 aromatic heterocycles. The predicted molar refractivity (Wildman–Crippen MR) is 238 cm³/mol. The number of aryl methyl sites for hydroxylation is 2. The van der Waals surface area contributed by atoms with Gasteiger partial charge >= 0.3 is 0 Å². The van der Waals surface area contributed by atoms with Crippen LogP contribution < -0.4 is 4.90 Å². The van der Waals surface area contributed by atoms with Gasteiger partial charge in [-0.15, -0.1) is 0 Å². The van der Waals surface area contributed by atoms with Crippen LogP contribution >= 0.6 is 0 Å². The molecular formula is C55H41N. The Labute approximate surface area is 329 Å². The molecule has 1 heteroatoms. The SMILES string of the molecule is Cc1cccc(N(c2cccc(C)c2)c2ccc3c(c2)C(C)(C)c2cc4c5c(cccc5c2-3)-c2c-4c(-c3ccccc3)c3ccccc3c2-c2ccccc2)c1. The van der Waals surface area contributed by atoms with Crippen LogP contribution in [0.5, 0.6) is 0 Å². The van der Waals surface area contributed by atoms with Gasteiger partial charge in [0.15, 0.2) is 0 Å². The predicted octanol–water partition coefficient (Wildman–Crippen LogP) is 15.4. The van der Waals surface area contributed by atoms with Crippen molar-refractivity contribution in [1.82, 2.24) is 0 Å². The Hall–Kier alpha value is -6.70. The number of benzene rings is 9. The summed E-state index contributed by atoms with van der Waals surface area (Å²) in [5.74, 6) is 0. The number of anilines is 3. The topological polar surface area (TPSA) is 3.24 Å². The molecule has 0 bridgehead atoms. The zero-order chi connectivity index (χ0) is 37.7. The molecule has 0 radical (unpaired) electrons. The third-order valence-electron chi connectivity index (χ3n) is 12.4. The van der Waals surface area contributed by atoms with Gasteiger partial charge in [-0.1, -0.05) is 147 Å². The number of fused-ring (bicyclic) bond motifs is 8. The van der Waals surface area contributed by atoms with Gasteiger partial charge in [0.1, 0.15) is 0 Å². The maximum absolute atomic E-state index is 2.57. The first-order valence-electron chi connectivity index (χ1n) is 19.8. The highest BCUT2D eigenvalue weighted by atomic mass is 15.1. The third-order valence-corrected chi connectivity index (χ3v) is 12.4. The fourth-order valence-corrected chi connectivity index (χ4v) is 9.99. The Morgan fingerprint density at radius 1 is 0.357 bits per heavy atom. The van der Waals surface area contributed by atoms with Gasteiger partial charge in [0.25, 0.3) is 0 Å². The van der Waals surface area contributed by atoms with E-state index in [0.717, 1.165) is 0 Å². The van der Waals surface area contributed by atoms with E-state index in [1.165, 1.54) is 116 Å². The normalized spacial score (nSPS) is 13.1. The number of nitrogens with zero attached hydrogens (tertiary/aromatic N) is 1. The summed E-state index contributed by atoms with van der Waals surface area (Å²) in [7, 11) is 0. The minimum atomic E-state index is -0.235. The smallest absolute Gasteiger partial charge is 0.0465 e. The molecule has 2 aliphatic carbocycles. The van der Waals surface area contributed by atoms with Crippen LogP contribution in [0.25, 0.3) is 77.2 Å². The molecule has 0 N–H and O–H groups in total. The highest BCUT2D eigenvalue weighted by Gasteiger charge is 2.40. The molecule has 11 rings (SSSR count). The quantitative estimate of drug-likeness (QED) is 0.171. The van der Waals surface area contributed by atoms with Crippen LogP contribution in [0.2, 0.25) is 0 Å². The Morgan fingerprint density at radius 2 is 0.875 bits per heavy atom. The third kappa shape index (κ3) is 4.67. The van der Waals surface area contributed by atoms with Gasteiger partial charge in [0.05, 0.1) is 0 Å². The molecule has 9 aromatic carbocycles. The van der Waals surface area contributed by atoms with Gasteiger partial charge in [0.2, 0.25) is 0 Å². The summed E-state index contributed by atoms with van der Waals surface area (Å²) in [6.45, 7) is 9.21. The average molecular weight is 716 g/mol. The van der Waals surface area contributed by atoms with Crippen molar-refractivity contribution in [3.05, 3.63) is 198 Å². The van der Waals surface area contributed by atoms with E-state index in [-0.39, 0.29) is 5.41 Å². The van der Waals surface area contributed by atoms with Crippen molar-refractivity contribution in [2.24, 2.45) is 0 Å². The van der Waals surface area contributed by atoms with Crippen LogP contribution in [0.3, 0.4) is 0 Å². The van der Waals surface area contributed by atoms with Gasteiger partial charge in [-0.3, -0.25) is 0 Å². The molecule has 2 aliphatic rings. The summed E-state index contributed by atoms with van der Waals surface area (Å²) < 4.78 is 0. The summed E-state index contributed by atoms with van der Waals surface area (Å²) >= 11 is 0. The molecule has 0 spiro atoms. The van der Waals surface area contributed by atoms with Crippen molar-refractivity contribution in [2.75, 3.05) is 4.90 Å². The highest BCUT2D eigenvalue weighted by Crippen LogP contribution is 2.62. The zero-order valence-corrected chi connectivity index (χ0v) is 32.2. The summed E-state index contributed by atoms with van der Waals surface area (Å²) in [5, 5.41) is 5.28. The molecule has 0 fully saturated rings. The first-order valence-corrected chi connectivity index (χ1v) is 19.8. The molecule has 0 amide bonds. The maximum Gasteiger partial charge on any atom is 0.0465 e. The van der Waals surface area contributed by atoms with Crippen LogP contribution in [0.4, 0.5) is 17.1 Å². The van der Waals surface area contributed by atoms with Crippen molar-refractivity contribution in [3.63, 3.8) is 0 Å². The Bertz CT molecular complexity index is 3010. The first kappa shape index (κ1) is 32.7. The Balaban J connectivity index is 1.20. The average Bonchev–Trinajstić information content (AvgIpc) is 3.66. The summed E-state index contributed by atoms with van der Waals surface area (Å²) in [5.41, 5.74) is 21.7. The largest absolute Gasteiger partial charge is 0.310 e. The molecule has 9 aromatic rings. The maximum atomic E-state index is 2.57. The summed E-state index contributed by atoms with van der Waals surface area (Å²) in [4.78, 5) is 2.42. The minimum absolute atomic E-state index is 0.235. The standard InChI is InChI=1S/C55H41N/c1-34-16-13-22-38(30-34)56(39-23-14-17-35(2)31-39)40-28-29-43-47(32-40)55(3,4)48-33-46-51-44(52(43)48)26-15-27-45(51)53-49(36-18-7-5-8-19-36)41-24-11-12-25-42(41)50(54(46)53)37-20-9-6-10-21-37/h5-33H,1-4H3. The van der Waals surface area contributed by atoms with Crippen molar-refractivity contribution < 1.29 is 0 Å². The molecule has 0 unspecified atom stereocenters. The molecule has 266 valence electrons. The van der Waals surface area contributed by atoms with Crippen molar-refractivity contribution >= 4 is 38.6 Å². The molecule has 1 nitrogen and oxygen atoms in total. The van der Waals surface area contributed by atoms with E-state index >= 15 is 0 Å². The van der Waals surface area contributed by atoms with Crippen molar-refractivity contribution in [1.29, 1.82) is 0 Å². The van der Waals surface area contributed by atoms with Crippen molar-refractivity contribution in [2.45, 2.75) is 33.1 Å². The van der Waals surface area contributed by atoms with E-state index in [2.05, 4.69) is 209 Å². The van der Waals surface area contributed by atoms with E-state index in [1.807, 2.05) is 0 Å². The lowest BCUT2D eigenvalue weighted by atomic mass is 9.79. The second-order valence-electron chi connectivity index (χ2n) is 16.2. The summed E-state index contributed by atoms with van der Waals surface area (Å²) in [6.07, 6.45) is 0. The van der Waals surface area contributed by atoms with Gasteiger partial charge in [-0.25, -0.2) is 0 Å². The van der Waals surface area contributed by atoms with Gasteiger partial charge in [-0.05, 0) is 156 Å². The van der Waals surface area contributed by atoms with Crippen LogP contribution in [-0.4, -0.2) is 0 Å². The van der Waals surface area contributed by atoms with Crippen molar-refractivity contribution in [3.8, 4) is 55.6 Å². The number of hydrogen-bond acceptors (Lipinski definition) is 1. The number of rotatable bonds is 5. The Kier molecular flexibility index (Phi) is 7.10. The zero-order valence-electron chi connectivity index (χ0n) is 32.2. The molecular weight excluding hydrogens is 675 g/mol. The first-order chi connectivity index (χ1) is 27.4. The lowest BCUT2D eigenvalue weighted by molar-refractivity contribution is 0.661. The monoisotopic (exact) mass is 715 g/mol. The number of hydrogen-bond donors (Lipinski definition) is 0. The minimum Gasteiger partial charge on any atom is -0.310 e. The fraction of sp³-hybridized carbons (Fsp3) is 0.0909. The second-order valence-corrected chi connectivity index (χ2v) is 16.2. The summed E-state index contributed by atoms with van der Waals surface area (Å²) in [6, 6.07) is 65.6. The van der Waals surface area contributed by atoms with E-state index in [1.54, 1.807) is 0 Å². The molecule has 0 heterocycles. The lowest BCUT2D eigenvalue weighted by Crippen LogP contribution is -2.17. The van der Waals surface area contributed by atoms with Gasteiger partial charge < -0.3 is 4.90 Å². The van der Waals surface area contributed by atoms with Gasteiger partial charge in [-0.2, -0.15) is 0 Å². The second kappa shape index (κ2) is 12.2. The van der Waals surface area contributed by atoms with Gasteiger partial charge in [0, 0.05) is 22.5 Å². The van der Waals surface area contributed by atoms with E-state index in [4.69, 9.17) is 0 Å². The molecule has 0 aliphatic heterocycles. The molecule has 56 heavy (non-hydrogen) atoms. The Morgan fingerprint density at radius 3 is 1.46 bits per heavy atom. The van der Waals surface area contributed by atoms with Crippen LogP contribution in [0.1, 0.15) is 36.1 Å². The van der Waals surface area contributed by atoms with E-state index in [9.17, 15) is 0 Å².